The van der Waals surface area contributed by atoms with E-state index in [4.69, 9.17) is 5.11 Å². The molecule has 0 unspecified atom stereocenters. The summed E-state index contributed by atoms with van der Waals surface area (Å²) in [4.78, 5) is 24.4. The maximum atomic E-state index is 11.8. The van der Waals surface area contributed by atoms with Crippen LogP contribution in [0.1, 0.15) is 44.7 Å². The van der Waals surface area contributed by atoms with Gasteiger partial charge in [0.05, 0.1) is 0 Å². The molecule has 4 heteroatoms. The summed E-state index contributed by atoms with van der Waals surface area (Å²) in [6.45, 7) is 6.81. The van der Waals surface area contributed by atoms with Crippen molar-refractivity contribution in [1.29, 1.82) is 0 Å². The van der Waals surface area contributed by atoms with Crippen LogP contribution >= 0.6 is 0 Å². The first kappa shape index (κ1) is 14.6. The highest BCUT2D eigenvalue weighted by Gasteiger charge is 2.35. The van der Waals surface area contributed by atoms with E-state index in [0.29, 0.717) is 19.4 Å². The van der Waals surface area contributed by atoms with E-state index in [-0.39, 0.29) is 11.3 Å². The van der Waals surface area contributed by atoms with Crippen LogP contribution in [0.25, 0.3) is 0 Å². The van der Waals surface area contributed by atoms with E-state index in [1.54, 1.807) is 0 Å². The first-order valence-corrected chi connectivity index (χ1v) is 6.91. The molecule has 1 aromatic carbocycles. The number of likely N-dealkylation sites (tertiary alicyclic amines) is 1. The average Bonchev–Trinajstić information content (AvgIpc) is 2.71. The van der Waals surface area contributed by atoms with Crippen LogP contribution in [-0.2, 0) is 21.5 Å². The monoisotopic (exact) mass is 275 g/mol. The predicted molar refractivity (Wildman–Crippen MR) is 76.3 cm³/mol. The summed E-state index contributed by atoms with van der Waals surface area (Å²) >= 11 is 0. The Morgan fingerprint density at radius 3 is 2.40 bits per heavy atom. The molecule has 1 heterocycles. The Hall–Kier alpha value is -1.84. The van der Waals surface area contributed by atoms with Crippen LogP contribution < -0.4 is 0 Å². The van der Waals surface area contributed by atoms with E-state index in [1.165, 1.54) is 10.5 Å². The molecule has 1 saturated heterocycles. The van der Waals surface area contributed by atoms with Gasteiger partial charge in [0.1, 0.15) is 6.04 Å². The molecule has 1 atom stereocenters. The summed E-state index contributed by atoms with van der Waals surface area (Å²) < 4.78 is 0. The van der Waals surface area contributed by atoms with Crippen molar-refractivity contribution in [2.75, 3.05) is 0 Å². The fraction of sp³-hybridized carbons (Fsp3) is 0.500. The molecule has 1 fully saturated rings. The number of nitrogens with zero attached hydrogens (tertiary/aromatic N) is 1. The second-order valence-corrected chi connectivity index (χ2v) is 6.36. The fourth-order valence-corrected chi connectivity index (χ4v) is 2.50. The van der Waals surface area contributed by atoms with Crippen LogP contribution in [-0.4, -0.2) is 27.9 Å². The smallest absolute Gasteiger partial charge is 0.326 e. The molecule has 2 rings (SSSR count). The van der Waals surface area contributed by atoms with E-state index >= 15 is 0 Å². The van der Waals surface area contributed by atoms with Gasteiger partial charge in [-0.3, -0.25) is 4.79 Å². The van der Waals surface area contributed by atoms with Crippen molar-refractivity contribution >= 4 is 11.9 Å². The first-order chi connectivity index (χ1) is 9.29. The van der Waals surface area contributed by atoms with E-state index < -0.39 is 12.0 Å². The highest BCUT2D eigenvalue weighted by molar-refractivity contribution is 5.87. The minimum Gasteiger partial charge on any atom is -0.480 e. The summed E-state index contributed by atoms with van der Waals surface area (Å²) in [6.07, 6.45) is 0.741. The van der Waals surface area contributed by atoms with Crippen LogP contribution in [0.3, 0.4) is 0 Å². The molecule has 4 nitrogen and oxygen atoms in total. The number of carbonyl (C=O) groups is 2. The average molecular weight is 275 g/mol. The maximum Gasteiger partial charge on any atom is 0.326 e. The quantitative estimate of drug-likeness (QED) is 0.922. The largest absolute Gasteiger partial charge is 0.480 e. The minimum absolute atomic E-state index is 0.0719. The van der Waals surface area contributed by atoms with Gasteiger partial charge in [-0.15, -0.1) is 0 Å². The van der Waals surface area contributed by atoms with Gasteiger partial charge < -0.3 is 10.0 Å². The van der Waals surface area contributed by atoms with Crippen molar-refractivity contribution < 1.29 is 14.7 Å². The Labute approximate surface area is 119 Å². The Morgan fingerprint density at radius 1 is 1.30 bits per heavy atom. The molecule has 0 aromatic heterocycles. The molecule has 1 aliphatic rings. The lowest BCUT2D eigenvalue weighted by Gasteiger charge is -2.23. The minimum atomic E-state index is -0.915. The normalized spacial score (nSPS) is 19.4. The lowest BCUT2D eigenvalue weighted by Crippen LogP contribution is -2.37. The molecule has 0 aliphatic carbocycles. The zero-order valence-corrected chi connectivity index (χ0v) is 12.2. The number of rotatable bonds is 3. The van der Waals surface area contributed by atoms with Gasteiger partial charge in [-0.25, -0.2) is 4.79 Å². The van der Waals surface area contributed by atoms with Gasteiger partial charge in [0, 0.05) is 13.0 Å². The van der Waals surface area contributed by atoms with Crippen LogP contribution in [0.2, 0.25) is 0 Å². The number of hydrogen-bond donors (Lipinski definition) is 1. The maximum absolute atomic E-state index is 11.8. The van der Waals surface area contributed by atoms with Crippen molar-refractivity contribution in [3.05, 3.63) is 35.4 Å². The van der Waals surface area contributed by atoms with Crippen molar-refractivity contribution in [1.82, 2.24) is 4.90 Å². The Bertz CT molecular complexity index is 514. The highest BCUT2D eigenvalue weighted by atomic mass is 16.4. The number of carbonyl (C=O) groups excluding carboxylic acids is 1. The summed E-state index contributed by atoms with van der Waals surface area (Å²) in [6, 6.07) is 7.37. The topological polar surface area (TPSA) is 57.6 Å². The molecule has 0 saturated carbocycles. The first-order valence-electron chi connectivity index (χ1n) is 6.91. The zero-order valence-electron chi connectivity index (χ0n) is 12.2. The summed E-state index contributed by atoms with van der Waals surface area (Å²) in [5, 5.41) is 9.14. The van der Waals surface area contributed by atoms with Gasteiger partial charge in [0.25, 0.3) is 0 Å². The predicted octanol–water partition coefficient (Wildman–Crippen LogP) is 2.56. The molecule has 0 spiro atoms. The van der Waals surface area contributed by atoms with Gasteiger partial charge in [0.2, 0.25) is 5.91 Å². The fourth-order valence-electron chi connectivity index (χ4n) is 2.50. The van der Waals surface area contributed by atoms with Gasteiger partial charge in [0.15, 0.2) is 0 Å². The number of amides is 1. The number of benzene rings is 1. The van der Waals surface area contributed by atoms with E-state index in [2.05, 4.69) is 20.8 Å². The third kappa shape index (κ3) is 3.00. The summed E-state index contributed by atoms with van der Waals surface area (Å²) in [7, 11) is 0. The molecule has 108 valence electrons. The SMILES string of the molecule is CC(C)(C)c1ccc(CN2C(=O)CC[C@H]2C(=O)O)cc1. The highest BCUT2D eigenvalue weighted by Crippen LogP contribution is 2.25. The van der Waals surface area contributed by atoms with Crippen molar-refractivity contribution in [2.24, 2.45) is 0 Å². The Balaban J connectivity index is 2.13. The lowest BCUT2D eigenvalue weighted by molar-refractivity contribution is -0.146. The molecule has 1 aromatic rings. The van der Waals surface area contributed by atoms with Crippen molar-refractivity contribution in [2.45, 2.75) is 51.6 Å². The van der Waals surface area contributed by atoms with Crippen LogP contribution in [0.4, 0.5) is 0 Å². The zero-order chi connectivity index (χ0) is 14.9. The van der Waals surface area contributed by atoms with Crippen LogP contribution in [0.5, 0.6) is 0 Å². The van der Waals surface area contributed by atoms with Gasteiger partial charge >= 0.3 is 5.97 Å². The van der Waals surface area contributed by atoms with Gasteiger partial charge in [-0.2, -0.15) is 0 Å². The standard InChI is InChI=1S/C16H21NO3/c1-16(2,3)12-6-4-11(5-7-12)10-17-13(15(19)20)8-9-14(17)18/h4-7,13H,8-10H2,1-3H3,(H,19,20)/t13-/m0/s1. The van der Waals surface area contributed by atoms with Crippen LogP contribution in [0.15, 0.2) is 24.3 Å². The van der Waals surface area contributed by atoms with Crippen molar-refractivity contribution in [3.8, 4) is 0 Å². The van der Waals surface area contributed by atoms with Crippen molar-refractivity contribution in [3.63, 3.8) is 0 Å². The number of carboxylic acids is 1. The third-order valence-electron chi connectivity index (χ3n) is 3.79. The molecule has 0 bridgehead atoms. The van der Waals surface area contributed by atoms with E-state index in [9.17, 15) is 9.59 Å². The van der Waals surface area contributed by atoms with Gasteiger partial charge in [-0.1, -0.05) is 45.0 Å². The van der Waals surface area contributed by atoms with E-state index in [0.717, 1.165) is 5.56 Å². The molecule has 1 N–H and O–H groups in total. The molecule has 1 amide bonds. The second kappa shape index (κ2) is 5.27. The second-order valence-electron chi connectivity index (χ2n) is 6.36. The molecule has 0 radical (unpaired) electrons. The number of carboxylic acid groups (broad SMARTS) is 1. The summed E-state index contributed by atoms with van der Waals surface area (Å²) in [5.41, 5.74) is 2.29. The Morgan fingerprint density at radius 2 is 1.90 bits per heavy atom. The Kier molecular flexibility index (Phi) is 3.84. The van der Waals surface area contributed by atoms with E-state index in [1.807, 2.05) is 24.3 Å². The van der Waals surface area contributed by atoms with Gasteiger partial charge in [-0.05, 0) is 23.0 Å². The summed E-state index contributed by atoms with van der Waals surface area (Å²) in [5.74, 6) is -0.987. The molecular formula is C16H21NO3. The lowest BCUT2D eigenvalue weighted by atomic mass is 9.87. The number of hydrogen-bond acceptors (Lipinski definition) is 2. The molecular weight excluding hydrogens is 254 g/mol. The molecule has 1 aliphatic heterocycles. The number of aliphatic carboxylic acids is 1. The third-order valence-corrected chi connectivity index (χ3v) is 3.79. The molecule has 20 heavy (non-hydrogen) atoms. The van der Waals surface area contributed by atoms with Crippen LogP contribution in [0, 0.1) is 0 Å².